The van der Waals surface area contributed by atoms with Crippen molar-refractivity contribution in [3.05, 3.63) is 47.4 Å². The number of hydrogen-bond donors (Lipinski definition) is 0. The Hall–Kier alpha value is -2.70. The van der Waals surface area contributed by atoms with Crippen LogP contribution in [0.3, 0.4) is 0 Å². The van der Waals surface area contributed by atoms with Gasteiger partial charge in [0.2, 0.25) is 5.91 Å². The van der Waals surface area contributed by atoms with E-state index in [1.54, 1.807) is 6.20 Å². The van der Waals surface area contributed by atoms with Crippen LogP contribution in [-0.2, 0) is 17.8 Å². The van der Waals surface area contributed by atoms with Gasteiger partial charge in [0.1, 0.15) is 12.4 Å². The van der Waals surface area contributed by atoms with Gasteiger partial charge in [-0.05, 0) is 26.7 Å². The van der Waals surface area contributed by atoms with Crippen LogP contribution >= 0.6 is 0 Å². The van der Waals surface area contributed by atoms with Crippen LogP contribution in [0.1, 0.15) is 41.7 Å². The van der Waals surface area contributed by atoms with Crippen LogP contribution in [0.4, 0.5) is 0 Å². The van der Waals surface area contributed by atoms with E-state index < -0.39 is 0 Å². The van der Waals surface area contributed by atoms with Gasteiger partial charge in [0.15, 0.2) is 5.65 Å². The van der Waals surface area contributed by atoms with E-state index in [2.05, 4.69) is 20.0 Å². The van der Waals surface area contributed by atoms with Gasteiger partial charge in [0, 0.05) is 42.7 Å². The van der Waals surface area contributed by atoms with Crippen molar-refractivity contribution in [3.8, 4) is 0 Å². The zero-order chi connectivity index (χ0) is 17.1. The van der Waals surface area contributed by atoms with Crippen molar-refractivity contribution in [3.63, 3.8) is 0 Å². The number of fused-ring (bicyclic) bond motifs is 6. The number of carbonyl (C=O) groups excluding carboxylic acids is 1. The summed E-state index contributed by atoms with van der Waals surface area (Å²) < 4.78 is 3.88. The molecule has 1 amide bonds. The third-order valence-corrected chi connectivity index (χ3v) is 5.55. The highest BCUT2D eigenvalue weighted by Gasteiger charge is 2.43. The summed E-state index contributed by atoms with van der Waals surface area (Å²) in [6, 6.07) is 2.37. The number of nitrogens with zero attached hydrogens (tertiary/aromatic N) is 6. The maximum absolute atomic E-state index is 13.0. The van der Waals surface area contributed by atoms with Gasteiger partial charge in [-0.25, -0.2) is 14.5 Å². The van der Waals surface area contributed by atoms with Gasteiger partial charge in [-0.3, -0.25) is 4.79 Å². The molecule has 0 aliphatic carbocycles. The summed E-state index contributed by atoms with van der Waals surface area (Å²) in [6.07, 6.45) is 8.44. The van der Waals surface area contributed by atoms with Gasteiger partial charge in [-0.2, -0.15) is 5.10 Å². The van der Waals surface area contributed by atoms with Gasteiger partial charge < -0.3 is 9.47 Å². The Labute approximate surface area is 145 Å². The number of aromatic nitrogens is 5. The minimum atomic E-state index is 0.117. The Morgan fingerprint density at radius 1 is 1.28 bits per heavy atom. The second kappa shape index (κ2) is 5.15. The predicted octanol–water partition coefficient (Wildman–Crippen LogP) is 1.83. The number of imidazole rings is 1. The van der Waals surface area contributed by atoms with E-state index in [-0.39, 0.29) is 18.0 Å². The molecule has 0 saturated carbocycles. The van der Waals surface area contributed by atoms with Crippen LogP contribution in [0.25, 0.3) is 5.65 Å². The SMILES string of the molecule is Cc1cc2ncc3c(n2n1)C[C@H]1CC[C@@H]3N1C(=O)Cn1ccnc1C. The molecule has 0 spiro atoms. The summed E-state index contributed by atoms with van der Waals surface area (Å²) in [5, 5.41) is 4.60. The minimum Gasteiger partial charge on any atom is -0.331 e. The summed E-state index contributed by atoms with van der Waals surface area (Å²) in [6.45, 7) is 4.26. The molecule has 2 atom stereocenters. The maximum Gasteiger partial charge on any atom is 0.243 e. The number of rotatable bonds is 2. The number of carbonyl (C=O) groups is 1. The zero-order valence-corrected chi connectivity index (χ0v) is 14.4. The smallest absolute Gasteiger partial charge is 0.243 e. The van der Waals surface area contributed by atoms with Crippen molar-refractivity contribution in [1.29, 1.82) is 0 Å². The van der Waals surface area contributed by atoms with Crippen molar-refractivity contribution in [2.24, 2.45) is 0 Å². The number of amides is 1. The van der Waals surface area contributed by atoms with Gasteiger partial charge >= 0.3 is 0 Å². The zero-order valence-electron chi connectivity index (χ0n) is 14.4. The number of hydrogen-bond acceptors (Lipinski definition) is 4. The molecule has 3 aromatic rings. The maximum atomic E-state index is 13.0. The molecule has 128 valence electrons. The van der Waals surface area contributed by atoms with E-state index in [1.165, 1.54) is 5.69 Å². The Morgan fingerprint density at radius 3 is 2.96 bits per heavy atom. The minimum absolute atomic E-state index is 0.117. The molecule has 0 unspecified atom stereocenters. The van der Waals surface area contributed by atoms with E-state index in [4.69, 9.17) is 0 Å². The molecule has 0 aromatic carbocycles. The normalized spacial score (nSPS) is 21.8. The molecule has 3 aromatic heterocycles. The van der Waals surface area contributed by atoms with Gasteiger partial charge in [-0.1, -0.05) is 0 Å². The molecule has 1 fully saturated rings. The molecule has 1 saturated heterocycles. The van der Waals surface area contributed by atoms with Crippen LogP contribution in [-0.4, -0.2) is 41.0 Å². The van der Waals surface area contributed by atoms with Crippen molar-refractivity contribution >= 4 is 11.6 Å². The van der Waals surface area contributed by atoms with E-state index in [9.17, 15) is 4.79 Å². The Morgan fingerprint density at radius 2 is 2.16 bits per heavy atom. The lowest BCUT2D eigenvalue weighted by molar-refractivity contribution is -0.135. The molecule has 2 aliphatic rings. The summed E-state index contributed by atoms with van der Waals surface area (Å²) in [5.41, 5.74) is 4.24. The highest BCUT2D eigenvalue weighted by molar-refractivity contribution is 5.78. The summed E-state index contributed by atoms with van der Waals surface area (Å²) >= 11 is 0. The third kappa shape index (κ3) is 2.11. The third-order valence-electron chi connectivity index (χ3n) is 5.55. The first-order chi connectivity index (χ1) is 12.1. The fourth-order valence-corrected chi connectivity index (χ4v) is 4.38. The highest BCUT2D eigenvalue weighted by atomic mass is 16.2. The van der Waals surface area contributed by atoms with E-state index in [0.717, 1.165) is 42.0 Å². The van der Waals surface area contributed by atoms with Crippen LogP contribution in [0.15, 0.2) is 24.7 Å². The fourth-order valence-electron chi connectivity index (χ4n) is 4.38. The van der Waals surface area contributed by atoms with Crippen LogP contribution in [0.5, 0.6) is 0 Å². The summed E-state index contributed by atoms with van der Waals surface area (Å²) in [5.74, 6) is 1.03. The highest BCUT2D eigenvalue weighted by Crippen LogP contribution is 2.43. The van der Waals surface area contributed by atoms with Crippen molar-refractivity contribution in [2.45, 2.75) is 51.7 Å². The Bertz CT molecular complexity index is 987. The second-order valence-corrected chi connectivity index (χ2v) is 7.07. The first-order valence-corrected chi connectivity index (χ1v) is 8.75. The average molecular weight is 336 g/mol. The van der Waals surface area contributed by atoms with Crippen molar-refractivity contribution in [1.82, 2.24) is 29.0 Å². The lowest BCUT2D eigenvalue weighted by Gasteiger charge is -2.36. The Kier molecular flexibility index (Phi) is 3.01. The van der Waals surface area contributed by atoms with Gasteiger partial charge in [0.25, 0.3) is 0 Å². The lowest BCUT2D eigenvalue weighted by Crippen LogP contribution is -2.44. The van der Waals surface area contributed by atoms with Crippen molar-refractivity contribution in [2.75, 3.05) is 0 Å². The Balaban J connectivity index is 1.52. The molecule has 2 bridgehead atoms. The molecule has 7 nitrogen and oxygen atoms in total. The van der Waals surface area contributed by atoms with E-state index >= 15 is 0 Å². The molecule has 25 heavy (non-hydrogen) atoms. The largest absolute Gasteiger partial charge is 0.331 e. The van der Waals surface area contributed by atoms with E-state index in [1.807, 2.05) is 41.4 Å². The standard InChI is InChI=1S/C18H20N6O/c1-11-7-17-20-9-14-15-4-3-13(8-16(14)24(17)21-11)23(15)18(25)10-22-6-5-19-12(22)2/h5-7,9,13,15H,3-4,8,10H2,1-2H3/t13-,15+/m1/s1. The quantitative estimate of drug-likeness (QED) is 0.716. The summed E-state index contributed by atoms with van der Waals surface area (Å²) in [7, 11) is 0. The van der Waals surface area contributed by atoms with Gasteiger partial charge in [-0.15, -0.1) is 0 Å². The monoisotopic (exact) mass is 336 g/mol. The second-order valence-electron chi connectivity index (χ2n) is 7.07. The first-order valence-electron chi connectivity index (χ1n) is 8.75. The first kappa shape index (κ1) is 14.6. The van der Waals surface area contributed by atoms with Crippen molar-refractivity contribution < 1.29 is 4.79 Å². The average Bonchev–Trinajstić information content (AvgIpc) is 3.25. The molecular weight excluding hydrogens is 316 g/mol. The van der Waals surface area contributed by atoms with Crippen LogP contribution < -0.4 is 0 Å². The molecule has 5 heterocycles. The van der Waals surface area contributed by atoms with Gasteiger partial charge in [0.05, 0.1) is 17.4 Å². The van der Waals surface area contributed by atoms with Crippen LogP contribution in [0, 0.1) is 13.8 Å². The molecular formula is C18H20N6O. The molecule has 7 heteroatoms. The van der Waals surface area contributed by atoms with Crippen LogP contribution in [0.2, 0.25) is 0 Å². The molecule has 2 aliphatic heterocycles. The number of aryl methyl sites for hydroxylation is 2. The summed E-state index contributed by atoms with van der Waals surface area (Å²) in [4.78, 5) is 23.8. The molecule has 0 N–H and O–H groups in total. The fraction of sp³-hybridized carbons (Fsp3) is 0.444. The topological polar surface area (TPSA) is 68.3 Å². The molecule has 5 rings (SSSR count). The lowest BCUT2D eigenvalue weighted by atomic mass is 9.99. The predicted molar refractivity (Wildman–Crippen MR) is 91.0 cm³/mol. The molecule has 0 radical (unpaired) electrons. The van der Waals surface area contributed by atoms with E-state index in [0.29, 0.717) is 6.54 Å².